The van der Waals surface area contributed by atoms with Crippen molar-refractivity contribution in [3.8, 4) is 11.5 Å². The minimum Gasteiger partial charge on any atom is -0.491 e. The Morgan fingerprint density at radius 2 is 1.86 bits per heavy atom. The summed E-state index contributed by atoms with van der Waals surface area (Å²) in [5.74, 6) is 1.54. The van der Waals surface area contributed by atoms with Crippen molar-refractivity contribution in [3.63, 3.8) is 0 Å². The predicted molar refractivity (Wildman–Crippen MR) is 112 cm³/mol. The molecule has 1 aliphatic rings. The zero-order valence-corrected chi connectivity index (χ0v) is 17.2. The number of ether oxygens (including phenoxy) is 2. The van der Waals surface area contributed by atoms with Gasteiger partial charge in [0.1, 0.15) is 18.1 Å². The number of para-hydroxylation sites is 1. The van der Waals surface area contributed by atoms with Crippen LogP contribution in [0, 0.1) is 6.92 Å². The maximum absolute atomic E-state index is 12.7. The van der Waals surface area contributed by atoms with Crippen molar-refractivity contribution < 1.29 is 14.3 Å². The molecule has 0 aromatic heterocycles. The molecule has 4 nitrogen and oxygen atoms in total. The second-order valence-electron chi connectivity index (χ2n) is 7.64. The quantitative estimate of drug-likeness (QED) is 0.726. The molecule has 0 saturated carbocycles. The number of hydrogen-bond donors (Lipinski definition) is 1. The van der Waals surface area contributed by atoms with Gasteiger partial charge in [0.2, 0.25) is 0 Å². The van der Waals surface area contributed by atoms with Crippen LogP contribution in [0.25, 0.3) is 0 Å². The van der Waals surface area contributed by atoms with Crippen molar-refractivity contribution in [1.82, 2.24) is 5.32 Å². The highest BCUT2D eigenvalue weighted by Crippen LogP contribution is 2.26. The third kappa shape index (κ3) is 5.28. The lowest BCUT2D eigenvalue weighted by atomic mass is 9.92. The largest absolute Gasteiger partial charge is 0.491 e. The van der Waals surface area contributed by atoms with Gasteiger partial charge in [0.05, 0.1) is 6.04 Å². The molecular formula is C24H31NO3. The number of nitrogens with one attached hydrogen (secondary N) is 1. The van der Waals surface area contributed by atoms with E-state index in [-0.39, 0.29) is 11.9 Å². The number of carbonyl (C=O) groups excluding carboxylic acids is 1. The molecule has 0 fully saturated rings. The average Bonchev–Trinajstić information content (AvgIpc) is 2.71. The van der Waals surface area contributed by atoms with E-state index in [0.29, 0.717) is 13.0 Å². The van der Waals surface area contributed by atoms with Gasteiger partial charge in [0.15, 0.2) is 6.10 Å². The lowest BCUT2D eigenvalue weighted by Gasteiger charge is -2.22. The lowest BCUT2D eigenvalue weighted by molar-refractivity contribution is -0.128. The molecule has 0 saturated heterocycles. The van der Waals surface area contributed by atoms with Gasteiger partial charge in [-0.25, -0.2) is 0 Å². The summed E-state index contributed by atoms with van der Waals surface area (Å²) in [6, 6.07) is 14.0. The molecule has 1 aliphatic carbocycles. The molecule has 3 rings (SSSR count). The van der Waals surface area contributed by atoms with Gasteiger partial charge >= 0.3 is 0 Å². The molecule has 28 heavy (non-hydrogen) atoms. The summed E-state index contributed by atoms with van der Waals surface area (Å²) in [6.07, 6.45) is 4.85. The highest BCUT2D eigenvalue weighted by Gasteiger charge is 2.21. The molecule has 0 unspecified atom stereocenters. The second kappa shape index (κ2) is 9.63. The molecule has 1 N–H and O–H groups in total. The van der Waals surface area contributed by atoms with E-state index in [1.54, 1.807) is 0 Å². The highest BCUT2D eigenvalue weighted by atomic mass is 16.5. The van der Waals surface area contributed by atoms with E-state index in [1.165, 1.54) is 24.0 Å². The molecule has 2 aromatic rings. The predicted octanol–water partition coefficient (Wildman–Crippen LogP) is 4.61. The second-order valence-corrected chi connectivity index (χ2v) is 7.64. The van der Waals surface area contributed by atoms with Crippen LogP contribution in [-0.2, 0) is 17.6 Å². The van der Waals surface area contributed by atoms with Gasteiger partial charge in [0.25, 0.3) is 5.91 Å². The molecule has 0 radical (unpaired) electrons. The Balaban J connectivity index is 1.53. The summed E-state index contributed by atoms with van der Waals surface area (Å²) in [7, 11) is 0. The van der Waals surface area contributed by atoms with Gasteiger partial charge in [-0.3, -0.25) is 4.79 Å². The Morgan fingerprint density at radius 1 is 1.11 bits per heavy atom. The first-order chi connectivity index (χ1) is 13.6. The van der Waals surface area contributed by atoms with E-state index in [4.69, 9.17) is 9.47 Å². The molecule has 150 valence electrons. The van der Waals surface area contributed by atoms with Crippen molar-refractivity contribution in [1.29, 1.82) is 0 Å². The van der Waals surface area contributed by atoms with Crippen molar-refractivity contribution in [3.05, 3.63) is 59.2 Å². The molecule has 0 spiro atoms. The standard InChI is InChI=1S/C24H31NO3/c1-4-22(28-21-14-13-19-10-6-7-11-20(19)15-21)24(26)25-18(3)16-27-23-12-8-5-9-17(23)2/h5,8-9,12-15,18,22H,4,6-7,10-11,16H2,1-3H3,(H,25,26)/t18-,22-/m1/s1. The maximum Gasteiger partial charge on any atom is 0.261 e. The Morgan fingerprint density at radius 3 is 2.61 bits per heavy atom. The fourth-order valence-electron chi connectivity index (χ4n) is 3.58. The van der Waals surface area contributed by atoms with Crippen LogP contribution in [0.1, 0.15) is 49.8 Å². The van der Waals surface area contributed by atoms with Crippen molar-refractivity contribution in [2.75, 3.05) is 6.61 Å². The number of rotatable bonds is 8. The zero-order valence-electron chi connectivity index (χ0n) is 17.2. The van der Waals surface area contributed by atoms with E-state index < -0.39 is 6.10 Å². The molecule has 0 aliphatic heterocycles. The van der Waals surface area contributed by atoms with Crippen molar-refractivity contribution in [2.45, 2.75) is 65.0 Å². The molecule has 2 atom stereocenters. The summed E-state index contributed by atoms with van der Waals surface area (Å²) >= 11 is 0. The number of amides is 1. The van der Waals surface area contributed by atoms with Crippen LogP contribution in [0.2, 0.25) is 0 Å². The molecule has 4 heteroatoms. The highest BCUT2D eigenvalue weighted by molar-refractivity contribution is 5.81. The Kier molecular flexibility index (Phi) is 6.96. The van der Waals surface area contributed by atoms with E-state index >= 15 is 0 Å². The number of benzene rings is 2. The zero-order chi connectivity index (χ0) is 19.9. The van der Waals surface area contributed by atoms with Crippen LogP contribution < -0.4 is 14.8 Å². The summed E-state index contributed by atoms with van der Waals surface area (Å²) in [4.78, 5) is 12.7. The molecule has 1 amide bonds. The van der Waals surface area contributed by atoms with Crippen LogP contribution in [0.3, 0.4) is 0 Å². The van der Waals surface area contributed by atoms with Gasteiger partial charge in [-0.15, -0.1) is 0 Å². The maximum atomic E-state index is 12.7. The smallest absolute Gasteiger partial charge is 0.261 e. The van der Waals surface area contributed by atoms with Gasteiger partial charge in [-0.2, -0.15) is 0 Å². The van der Waals surface area contributed by atoms with Crippen LogP contribution in [0.15, 0.2) is 42.5 Å². The molecule has 0 heterocycles. The molecule has 2 aromatic carbocycles. The fraction of sp³-hybridized carbons (Fsp3) is 0.458. The SMILES string of the molecule is CC[C@@H](Oc1ccc2c(c1)CCCC2)C(=O)N[C@H](C)COc1ccccc1C. The van der Waals surface area contributed by atoms with E-state index in [1.807, 2.05) is 51.1 Å². The fourth-order valence-corrected chi connectivity index (χ4v) is 3.58. The first kappa shape index (κ1) is 20.2. The normalized spacial score (nSPS) is 15.2. The van der Waals surface area contributed by atoms with E-state index in [2.05, 4.69) is 17.4 Å². The van der Waals surface area contributed by atoms with Crippen LogP contribution in [-0.4, -0.2) is 24.7 Å². The number of aryl methyl sites for hydroxylation is 3. The third-order valence-corrected chi connectivity index (χ3v) is 5.23. The van der Waals surface area contributed by atoms with Crippen LogP contribution in [0.5, 0.6) is 11.5 Å². The Labute approximate surface area is 168 Å². The molecular weight excluding hydrogens is 350 g/mol. The van der Waals surface area contributed by atoms with Gasteiger partial charge < -0.3 is 14.8 Å². The Hall–Kier alpha value is -2.49. The van der Waals surface area contributed by atoms with Crippen molar-refractivity contribution in [2.24, 2.45) is 0 Å². The number of fused-ring (bicyclic) bond motifs is 1. The van der Waals surface area contributed by atoms with Crippen LogP contribution in [0.4, 0.5) is 0 Å². The van der Waals surface area contributed by atoms with E-state index in [0.717, 1.165) is 29.9 Å². The van der Waals surface area contributed by atoms with E-state index in [9.17, 15) is 4.79 Å². The van der Waals surface area contributed by atoms with Gasteiger partial charge in [-0.1, -0.05) is 31.2 Å². The van der Waals surface area contributed by atoms with Gasteiger partial charge in [-0.05, 0) is 80.8 Å². The molecule has 0 bridgehead atoms. The average molecular weight is 382 g/mol. The number of hydrogen-bond acceptors (Lipinski definition) is 3. The summed E-state index contributed by atoms with van der Waals surface area (Å²) in [6.45, 7) is 6.35. The summed E-state index contributed by atoms with van der Waals surface area (Å²) < 4.78 is 11.9. The summed E-state index contributed by atoms with van der Waals surface area (Å²) in [5.41, 5.74) is 3.86. The summed E-state index contributed by atoms with van der Waals surface area (Å²) in [5, 5.41) is 3.01. The Bertz CT molecular complexity index is 802. The first-order valence-corrected chi connectivity index (χ1v) is 10.3. The first-order valence-electron chi connectivity index (χ1n) is 10.3. The van der Waals surface area contributed by atoms with Crippen molar-refractivity contribution >= 4 is 5.91 Å². The minimum atomic E-state index is -0.498. The number of carbonyl (C=O) groups is 1. The lowest BCUT2D eigenvalue weighted by Crippen LogP contribution is -2.44. The minimum absolute atomic E-state index is 0.0962. The van der Waals surface area contributed by atoms with Crippen LogP contribution >= 0.6 is 0 Å². The topological polar surface area (TPSA) is 47.6 Å². The monoisotopic (exact) mass is 381 g/mol. The van der Waals surface area contributed by atoms with Gasteiger partial charge in [0, 0.05) is 0 Å². The third-order valence-electron chi connectivity index (χ3n) is 5.23.